The fraction of sp³-hybridized carbons (Fsp3) is 0.500. The number of anilines is 1. The van der Waals surface area contributed by atoms with E-state index in [1.54, 1.807) is 6.92 Å². The Labute approximate surface area is 102 Å². The van der Waals surface area contributed by atoms with Crippen molar-refractivity contribution in [2.45, 2.75) is 33.2 Å². The van der Waals surface area contributed by atoms with E-state index in [1.165, 1.54) is 16.8 Å². The number of likely N-dealkylation sites (N-methyl/N-ethyl adjacent to an activating group) is 1. The van der Waals surface area contributed by atoms with Crippen molar-refractivity contribution >= 4 is 11.7 Å². The quantitative estimate of drug-likeness (QED) is 0.872. The van der Waals surface area contributed by atoms with Crippen molar-refractivity contribution < 1.29 is 9.90 Å². The minimum atomic E-state index is -0.709. The van der Waals surface area contributed by atoms with Crippen LogP contribution in [0, 0.1) is 12.8 Å². The lowest BCUT2D eigenvalue weighted by Gasteiger charge is -2.28. The summed E-state index contributed by atoms with van der Waals surface area (Å²) in [6.45, 7) is 6.84. The molecule has 1 N–H and O–H groups in total. The molecule has 0 saturated heterocycles. The first-order valence-corrected chi connectivity index (χ1v) is 6.14. The normalized spacial score (nSPS) is 20.2. The van der Waals surface area contributed by atoms with Crippen molar-refractivity contribution in [1.29, 1.82) is 0 Å². The molecule has 0 bridgehead atoms. The van der Waals surface area contributed by atoms with Crippen molar-refractivity contribution in [3.8, 4) is 0 Å². The van der Waals surface area contributed by atoms with Gasteiger partial charge >= 0.3 is 5.97 Å². The Morgan fingerprint density at radius 3 is 2.88 bits per heavy atom. The number of aliphatic carboxylic acids is 1. The fourth-order valence-corrected chi connectivity index (χ4v) is 2.74. The number of hydrogen-bond donors (Lipinski definition) is 1. The zero-order valence-electron chi connectivity index (χ0n) is 10.6. The molecule has 0 aromatic heterocycles. The largest absolute Gasteiger partial charge is 0.481 e. The van der Waals surface area contributed by atoms with Crippen LogP contribution in [0.15, 0.2) is 18.2 Å². The first-order valence-electron chi connectivity index (χ1n) is 6.14. The molecule has 1 aromatic carbocycles. The van der Waals surface area contributed by atoms with Gasteiger partial charge in [-0.3, -0.25) is 4.79 Å². The molecule has 1 aliphatic rings. The molecule has 3 nitrogen and oxygen atoms in total. The number of carbonyl (C=O) groups is 1. The summed E-state index contributed by atoms with van der Waals surface area (Å²) in [6, 6.07) is 6.33. The average Bonchev–Trinajstić information content (AvgIpc) is 2.67. The smallest absolute Gasteiger partial charge is 0.308 e. The van der Waals surface area contributed by atoms with Crippen LogP contribution in [0.25, 0.3) is 0 Å². The van der Waals surface area contributed by atoms with Gasteiger partial charge in [-0.25, -0.2) is 0 Å². The van der Waals surface area contributed by atoms with Crippen molar-refractivity contribution in [3.05, 3.63) is 29.3 Å². The van der Waals surface area contributed by atoms with Gasteiger partial charge in [-0.2, -0.15) is 0 Å². The van der Waals surface area contributed by atoms with Gasteiger partial charge in [0.05, 0.1) is 5.92 Å². The van der Waals surface area contributed by atoms with Crippen LogP contribution < -0.4 is 4.90 Å². The van der Waals surface area contributed by atoms with Gasteiger partial charge in [-0.1, -0.05) is 12.1 Å². The molecule has 1 aliphatic heterocycles. The molecule has 2 rings (SSSR count). The second kappa shape index (κ2) is 4.40. The zero-order valence-corrected chi connectivity index (χ0v) is 10.6. The van der Waals surface area contributed by atoms with Crippen LogP contribution in [-0.2, 0) is 11.2 Å². The molecule has 0 spiro atoms. The monoisotopic (exact) mass is 233 g/mol. The number of aryl methyl sites for hydroxylation is 1. The predicted octanol–water partition coefficient (Wildman–Crippen LogP) is 2.47. The molecule has 0 fully saturated rings. The summed E-state index contributed by atoms with van der Waals surface area (Å²) in [6.07, 6.45) is 0.851. The summed E-state index contributed by atoms with van der Waals surface area (Å²) >= 11 is 0. The SMILES string of the molecule is CCN1c2cccc(C)c2CC1C(C)C(=O)O. The first kappa shape index (κ1) is 12.0. The molecular weight excluding hydrogens is 214 g/mol. The van der Waals surface area contributed by atoms with Crippen LogP contribution >= 0.6 is 0 Å². The highest BCUT2D eigenvalue weighted by molar-refractivity contribution is 5.73. The maximum atomic E-state index is 11.2. The van der Waals surface area contributed by atoms with Crippen LogP contribution in [0.3, 0.4) is 0 Å². The number of hydrogen-bond acceptors (Lipinski definition) is 2. The second-order valence-corrected chi connectivity index (χ2v) is 4.76. The van der Waals surface area contributed by atoms with E-state index in [2.05, 4.69) is 30.9 Å². The minimum absolute atomic E-state index is 0.0913. The molecule has 0 aliphatic carbocycles. The Morgan fingerprint density at radius 2 is 2.29 bits per heavy atom. The Kier molecular flexibility index (Phi) is 3.09. The zero-order chi connectivity index (χ0) is 12.6. The van der Waals surface area contributed by atoms with E-state index < -0.39 is 5.97 Å². The van der Waals surface area contributed by atoms with Gasteiger partial charge in [0.1, 0.15) is 0 Å². The van der Waals surface area contributed by atoms with Gasteiger partial charge in [0.15, 0.2) is 0 Å². The maximum Gasteiger partial charge on any atom is 0.308 e. The lowest BCUT2D eigenvalue weighted by atomic mass is 9.96. The highest BCUT2D eigenvalue weighted by Gasteiger charge is 2.35. The summed E-state index contributed by atoms with van der Waals surface area (Å²) in [5, 5.41) is 9.18. The van der Waals surface area contributed by atoms with Crippen LogP contribution in [0.5, 0.6) is 0 Å². The van der Waals surface area contributed by atoms with Crippen molar-refractivity contribution in [1.82, 2.24) is 0 Å². The van der Waals surface area contributed by atoms with Crippen molar-refractivity contribution in [3.63, 3.8) is 0 Å². The highest BCUT2D eigenvalue weighted by Crippen LogP contribution is 2.36. The van der Waals surface area contributed by atoms with Gasteiger partial charge in [-0.15, -0.1) is 0 Å². The molecule has 3 heteroatoms. The number of rotatable bonds is 3. The number of carboxylic acid groups (broad SMARTS) is 1. The Bertz CT molecular complexity index is 442. The Morgan fingerprint density at radius 1 is 1.59 bits per heavy atom. The summed E-state index contributed by atoms with van der Waals surface area (Å²) in [5.41, 5.74) is 3.79. The summed E-state index contributed by atoms with van der Waals surface area (Å²) in [7, 11) is 0. The topological polar surface area (TPSA) is 40.5 Å². The van der Waals surface area contributed by atoms with Gasteiger partial charge in [-0.05, 0) is 44.4 Å². The molecular formula is C14H19NO2. The average molecular weight is 233 g/mol. The highest BCUT2D eigenvalue weighted by atomic mass is 16.4. The predicted molar refractivity (Wildman–Crippen MR) is 68.5 cm³/mol. The Balaban J connectivity index is 2.38. The lowest BCUT2D eigenvalue weighted by molar-refractivity contribution is -0.141. The second-order valence-electron chi connectivity index (χ2n) is 4.76. The minimum Gasteiger partial charge on any atom is -0.481 e. The van der Waals surface area contributed by atoms with E-state index in [9.17, 15) is 9.90 Å². The van der Waals surface area contributed by atoms with E-state index in [-0.39, 0.29) is 12.0 Å². The van der Waals surface area contributed by atoms with E-state index in [0.717, 1.165) is 13.0 Å². The van der Waals surface area contributed by atoms with Gasteiger partial charge in [0, 0.05) is 18.3 Å². The standard InChI is InChI=1S/C14H19NO2/c1-4-15-12-7-5-6-9(2)11(12)8-13(15)10(3)14(16)17/h5-7,10,13H,4,8H2,1-3H3,(H,16,17). The summed E-state index contributed by atoms with van der Waals surface area (Å²) < 4.78 is 0. The van der Waals surface area contributed by atoms with Gasteiger partial charge in [0.25, 0.3) is 0 Å². The fourth-order valence-electron chi connectivity index (χ4n) is 2.74. The number of nitrogens with zero attached hydrogens (tertiary/aromatic N) is 1. The first-order chi connectivity index (χ1) is 8.06. The molecule has 17 heavy (non-hydrogen) atoms. The third kappa shape index (κ3) is 1.90. The summed E-state index contributed by atoms with van der Waals surface area (Å²) in [4.78, 5) is 13.4. The third-order valence-corrected chi connectivity index (χ3v) is 3.82. The Hall–Kier alpha value is -1.51. The van der Waals surface area contributed by atoms with Crippen LogP contribution in [0.4, 0.5) is 5.69 Å². The molecule has 92 valence electrons. The molecule has 0 amide bonds. The molecule has 1 heterocycles. The van der Waals surface area contributed by atoms with Crippen LogP contribution in [0.1, 0.15) is 25.0 Å². The lowest BCUT2D eigenvalue weighted by Crippen LogP contribution is -2.40. The van der Waals surface area contributed by atoms with Crippen LogP contribution in [-0.4, -0.2) is 23.7 Å². The molecule has 2 atom stereocenters. The van der Waals surface area contributed by atoms with Gasteiger partial charge in [0.2, 0.25) is 0 Å². The van der Waals surface area contributed by atoms with Gasteiger partial charge < -0.3 is 10.0 Å². The van der Waals surface area contributed by atoms with Crippen molar-refractivity contribution in [2.75, 3.05) is 11.4 Å². The van der Waals surface area contributed by atoms with E-state index in [4.69, 9.17) is 0 Å². The van der Waals surface area contributed by atoms with E-state index >= 15 is 0 Å². The number of fused-ring (bicyclic) bond motifs is 1. The molecule has 0 radical (unpaired) electrons. The van der Waals surface area contributed by atoms with Crippen LogP contribution in [0.2, 0.25) is 0 Å². The maximum absolute atomic E-state index is 11.2. The number of carboxylic acids is 1. The summed E-state index contributed by atoms with van der Waals surface area (Å²) in [5.74, 6) is -1.04. The molecule has 0 saturated carbocycles. The third-order valence-electron chi connectivity index (χ3n) is 3.82. The molecule has 1 aromatic rings. The van der Waals surface area contributed by atoms with E-state index in [1.807, 2.05) is 6.07 Å². The van der Waals surface area contributed by atoms with E-state index in [0.29, 0.717) is 0 Å². The van der Waals surface area contributed by atoms with Crippen molar-refractivity contribution in [2.24, 2.45) is 5.92 Å². The number of benzene rings is 1. The molecule has 2 unspecified atom stereocenters.